The van der Waals surface area contributed by atoms with Gasteiger partial charge in [0.1, 0.15) is 0 Å². The first-order chi connectivity index (χ1) is 6.18. The third-order valence-electron chi connectivity index (χ3n) is 2.49. The van der Waals surface area contributed by atoms with E-state index in [1.807, 2.05) is 0 Å². The Morgan fingerprint density at radius 3 is 2.77 bits per heavy atom. The molecule has 2 rings (SSSR count). The van der Waals surface area contributed by atoms with Gasteiger partial charge in [0.2, 0.25) is 0 Å². The van der Waals surface area contributed by atoms with Crippen molar-refractivity contribution in [3.05, 3.63) is 27.1 Å². The van der Waals surface area contributed by atoms with Crippen LogP contribution in [0.3, 0.4) is 0 Å². The molecule has 13 heavy (non-hydrogen) atoms. The van der Waals surface area contributed by atoms with E-state index in [2.05, 4.69) is 15.9 Å². The van der Waals surface area contributed by atoms with E-state index in [1.165, 1.54) is 6.42 Å². The Hall–Kier alpha value is -0.770. The number of aromatic nitrogens is 1. The minimum atomic E-state index is 0.0268. The van der Waals surface area contributed by atoms with Crippen LogP contribution in [0.1, 0.15) is 25.3 Å². The fourth-order valence-electron chi connectivity index (χ4n) is 1.52. The van der Waals surface area contributed by atoms with Crippen LogP contribution < -0.4 is 11.3 Å². The molecule has 0 unspecified atom stereocenters. The van der Waals surface area contributed by atoms with Gasteiger partial charge < -0.3 is 10.3 Å². The summed E-state index contributed by atoms with van der Waals surface area (Å²) < 4.78 is 2.29. The van der Waals surface area contributed by atoms with Gasteiger partial charge in [-0.25, -0.2) is 0 Å². The third-order valence-corrected chi connectivity index (χ3v) is 3.06. The van der Waals surface area contributed by atoms with Gasteiger partial charge >= 0.3 is 0 Å². The molecular weight excluding hydrogens is 232 g/mol. The first-order valence-corrected chi connectivity index (χ1v) is 5.15. The van der Waals surface area contributed by atoms with Gasteiger partial charge in [0.05, 0.1) is 4.47 Å². The van der Waals surface area contributed by atoms with Crippen LogP contribution in [0.15, 0.2) is 21.5 Å². The van der Waals surface area contributed by atoms with E-state index < -0.39 is 0 Å². The quantitative estimate of drug-likeness (QED) is 0.819. The smallest absolute Gasteiger partial charge is 0.265 e. The molecule has 1 saturated carbocycles. The molecule has 3 nitrogen and oxygen atoms in total. The Kier molecular flexibility index (Phi) is 2.15. The van der Waals surface area contributed by atoms with E-state index in [1.54, 1.807) is 16.8 Å². The van der Waals surface area contributed by atoms with E-state index in [-0.39, 0.29) is 5.56 Å². The zero-order valence-corrected chi connectivity index (χ0v) is 8.75. The highest BCUT2D eigenvalue weighted by Gasteiger charge is 2.20. The minimum absolute atomic E-state index is 0.0268. The number of halogens is 1. The molecular formula is C9H11BrN2O. The van der Waals surface area contributed by atoms with Gasteiger partial charge in [0, 0.05) is 17.9 Å². The number of rotatable bonds is 1. The highest BCUT2D eigenvalue weighted by Crippen LogP contribution is 2.30. The first kappa shape index (κ1) is 8.81. The monoisotopic (exact) mass is 242 g/mol. The average molecular weight is 243 g/mol. The van der Waals surface area contributed by atoms with Gasteiger partial charge in [-0.05, 0) is 41.3 Å². The number of nitrogens with two attached hydrogens (primary N) is 1. The lowest BCUT2D eigenvalue weighted by molar-refractivity contribution is 0.306. The predicted octanol–water partition coefficient (Wildman–Crippen LogP) is 1.92. The molecule has 0 aliphatic heterocycles. The van der Waals surface area contributed by atoms with Crippen molar-refractivity contribution in [2.75, 3.05) is 5.73 Å². The van der Waals surface area contributed by atoms with Crippen molar-refractivity contribution in [3.8, 4) is 0 Å². The van der Waals surface area contributed by atoms with Crippen molar-refractivity contribution >= 4 is 21.6 Å². The Balaban J connectivity index is 2.49. The first-order valence-electron chi connectivity index (χ1n) is 4.35. The zero-order chi connectivity index (χ0) is 9.42. The Morgan fingerprint density at radius 2 is 2.23 bits per heavy atom. The number of hydrogen-bond acceptors (Lipinski definition) is 2. The van der Waals surface area contributed by atoms with Crippen molar-refractivity contribution in [2.45, 2.75) is 25.3 Å². The van der Waals surface area contributed by atoms with E-state index in [0.29, 0.717) is 16.2 Å². The molecule has 1 heterocycles. The number of anilines is 1. The minimum Gasteiger partial charge on any atom is -0.398 e. The molecule has 4 heteroatoms. The summed E-state index contributed by atoms with van der Waals surface area (Å²) in [6, 6.07) is 2.02. The van der Waals surface area contributed by atoms with Crippen LogP contribution in [-0.4, -0.2) is 4.57 Å². The highest BCUT2D eigenvalue weighted by atomic mass is 79.9. The summed E-state index contributed by atoms with van der Waals surface area (Å²) in [5.41, 5.74) is 6.32. The maximum absolute atomic E-state index is 11.6. The summed E-state index contributed by atoms with van der Waals surface area (Å²) >= 11 is 3.21. The Bertz CT molecular complexity index is 382. The summed E-state index contributed by atoms with van der Waals surface area (Å²) in [4.78, 5) is 11.6. The number of nitrogens with zero attached hydrogens (tertiary/aromatic N) is 1. The lowest BCUT2D eigenvalue weighted by Crippen LogP contribution is -2.29. The maximum Gasteiger partial charge on any atom is 0.265 e. The van der Waals surface area contributed by atoms with E-state index in [0.717, 1.165) is 12.8 Å². The molecule has 1 aliphatic carbocycles. The van der Waals surface area contributed by atoms with Gasteiger partial charge in [-0.15, -0.1) is 0 Å². The molecule has 0 spiro atoms. The number of nitrogen functional groups attached to an aromatic ring is 1. The van der Waals surface area contributed by atoms with Crippen LogP contribution in [-0.2, 0) is 0 Å². The third kappa shape index (κ3) is 1.50. The number of hydrogen-bond donors (Lipinski definition) is 1. The van der Waals surface area contributed by atoms with Crippen molar-refractivity contribution in [2.24, 2.45) is 0 Å². The predicted molar refractivity (Wildman–Crippen MR) is 55.7 cm³/mol. The van der Waals surface area contributed by atoms with Crippen LogP contribution in [0.5, 0.6) is 0 Å². The second kappa shape index (κ2) is 3.18. The normalized spacial score (nSPS) is 17.0. The van der Waals surface area contributed by atoms with Gasteiger partial charge in [-0.3, -0.25) is 4.79 Å². The average Bonchev–Trinajstić information content (AvgIpc) is 1.95. The highest BCUT2D eigenvalue weighted by molar-refractivity contribution is 9.10. The summed E-state index contributed by atoms with van der Waals surface area (Å²) in [7, 11) is 0. The maximum atomic E-state index is 11.6. The molecule has 0 aromatic carbocycles. The second-order valence-electron chi connectivity index (χ2n) is 3.42. The van der Waals surface area contributed by atoms with Crippen molar-refractivity contribution in [1.82, 2.24) is 4.57 Å². The molecule has 70 valence electrons. The number of pyridine rings is 1. The summed E-state index contributed by atoms with van der Waals surface area (Å²) in [6.45, 7) is 0. The lowest BCUT2D eigenvalue weighted by Gasteiger charge is -2.27. The molecule has 1 aromatic rings. The van der Waals surface area contributed by atoms with Crippen molar-refractivity contribution in [1.29, 1.82) is 0 Å². The van der Waals surface area contributed by atoms with Gasteiger partial charge in [-0.1, -0.05) is 0 Å². The summed E-state index contributed by atoms with van der Waals surface area (Å²) in [5.74, 6) is 0. The molecule has 1 aliphatic rings. The van der Waals surface area contributed by atoms with Gasteiger partial charge in [0.25, 0.3) is 5.56 Å². The topological polar surface area (TPSA) is 48.0 Å². The molecule has 0 atom stereocenters. The van der Waals surface area contributed by atoms with Crippen LogP contribution >= 0.6 is 15.9 Å². The lowest BCUT2D eigenvalue weighted by atomic mass is 9.93. The van der Waals surface area contributed by atoms with Crippen molar-refractivity contribution in [3.63, 3.8) is 0 Å². The van der Waals surface area contributed by atoms with Gasteiger partial charge in [0.15, 0.2) is 0 Å². The van der Waals surface area contributed by atoms with Crippen LogP contribution in [0.25, 0.3) is 0 Å². The molecule has 0 saturated heterocycles. The largest absolute Gasteiger partial charge is 0.398 e. The molecule has 0 amide bonds. The van der Waals surface area contributed by atoms with Gasteiger partial charge in [-0.2, -0.15) is 0 Å². The van der Waals surface area contributed by atoms with E-state index in [9.17, 15) is 4.79 Å². The van der Waals surface area contributed by atoms with Crippen LogP contribution in [0.4, 0.5) is 5.69 Å². The fourth-order valence-corrected chi connectivity index (χ4v) is 1.99. The fraction of sp³-hybridized carbons (Fsp3) is 0.444. The zero-order valence-electron chi connectivity index (χ0n) is 7.16. The molecule has 0 bridgehead atoms. The van der Waals surface area contributed by atoms with E-state index in [4.69, 9.17) is 5.73 Å². The second-order valence-corrected chi connectivity index (χ2v) is 4.27. The summed E-state index contributed by atoms with van der Waals surface area (Å²) in [5, 5.41) is 0. The molecule has 1 fully saturated rings. The standard InChI is InChI=1S/C9H11BrN2O/c10-8-4-6(11)5-12(9(8)13)7-2-1-3-7/h4-5,7H,1-3,11H2. The molecule has 2 N–H and O–H groups in total. The van der Waals surface area contributed by atoms with E-state index >= 15 is 0 Å². The SMILES string of the molecule is Nc1cc(Br)c(=O)n(C2CCC2)c1. The summed E-state index contributed by atoms with van der Waals surface area (Å²) in [6.07, 6.45) is 5.13. The molecule has 0 radical (unpaired) electrons. The van der Waals surface area contributed by atoms with Crippen molar-refractivity contribution < 1.29 is 0 Å². The van der Waals surface area contributed by atoms with Crippen LogP contribution in [0.2, 0.25) is 0 Å². The molecule has 1 aromatic heterocycles. The Morgan fingerprint density at radius 1 is 1.54 bits per heavy atom. The Labute approximate surface area is 84.7 Å². The van der Waals surface area contributed by atoms with Crippen LogP contribution in [0, 0.1) is 0 Å².